The minimum atomic E-state index is -0.564. The third kappa shape index (κ3) is 5.22. The van der Waals surface area contributed by atoms with E-state index in [0.717, 1.165) is 5.56 Å². The van der Waals surface area contributed by atoms with Crippen molar-refractivity contribution in [3.63, 3.8) is 0 Å². The number of carbonyl (C=O) groups excluding carboxylic acids is 1. The summed E-state index contributed by atoms with van der Waals surface area (Å²) in [5.74, 6) is -0.177. The molecule has 0 heterocycles. The number of hydrogen-bond acceptors (Lipinski definition) is 4. The fraction of sp³-hybridized carbons (Fsp3) is 0.500. The summed E-state index contributed by atoms with van der Waals surface area (Å²) in [7, 11) is 0. The molecule has 2 unspecified atom stereocenters. The van der Waals surface area contributed by atoms with Crippen LogP contribution in [0.4, 0.5) is 0 Å². The number of hydrogen-bond donors (Lipinski definition) is 3. The average molecular weight is 282 g/mol. The molecular formula is C14H22N2O2S. The second kappa shape index (κ2) is 8.19. The third-order valence-electron chi connectivity index (χ3n) is 3.05. The molecular weight excluding hydrogens is 260 g/mol. The van der Waals surface area contributed by atoms with Crippen molar-refractivity contribution in [2.45, 2.75) is 30.7 Å². The quantitative estimate of drug-likeness (QED) is 0.691. The van der Waals surface area contributed by atoms with Crippen molar-refractivity contribution in [3.8, 4) is 0 Å². The number of amides is 1. The van der Waals surface area contributed by atoms with Gasteiger partial charge < -0.3 is 16.2 Å². The maximum absolute atomic E-state index is 12.0. The Morgan fingerprint density at radius 3 is 2.58 bits per heavy atom. The number of benzene rings is 1. The predicted octanol–water partition coefficient (Wildman–Crippen LogP) is 0.785. The van der Waals surface area contributed by atoms with Gasteiger partial charge in [0.15, 0.2) is 0 Å². The summed E-state index contributed by atoms with van der Waals surface area (Å²) in [6, 6.07) is 9.03. The summed E-state index contributed by atoms with van der Waals surface area (Å²) in [5, 5.41) is 12.0. The highest BCUT2D eigenvalue weighted by Gasteiger charge is 2.21. The van der Waals surface area contributed by atoms with Gasteiger partial charge in [0.1, 0.15) is 0 Å². The van der Waals surface area contributed by atoms with Gasteiger partial charge in [-0.05, 0) is 25.2 Å². The number of aliphatic hydroxyl groups is 1. The van der Waals surface area contributed by atoms with Crippen molar-refractivity contribution in [1.29, 1.82) is 0 Å². The van der Waals surface area contributed by atoms with Crippen LogP contribution >= 0.6 is 11.8 Å². The fourth-order valence-corrected chi connectivity index (χ4v) is 2.45. The van der Waals surface area contributed by atoms with Gasteiger partial charge in [0.25, 0.3) is 0 Å². The van der Waals surface area contributed by atoms with Gasteiger partial charge in [-0.2, -0.15) is 11.8 Å². The molecule has 0 aliphatic heterocycles. The third-order valence-corrected chi connectivity index (χ3v) is 4.21. The van der Waals surface area contributed by atoms with Crippen molar-refractivity contribution in [2.24, 2.45) is 5.73 Å². The number of thioether (sulfide) groups is 1. The molecule has 0 fully saturated rings. The van der Waals surface area contributed by atoms with E-state index in [4.69, 9.17) is 5.73 Å². The minimum Gasteiger partial charge on any atom is -0.395 e. The van der Waals surface area contributed by atoms with Crippen LogP contribution in [0.5, 0.6) is 0 Å². The van der Waals surface area contributed by atoms with Gasteiger partial charge in [-0.1, -0.05) is 30.3 Å². The first-order chi connectivity index (χ1) is 9.08. The lowest BCUT2D eigenvalue weighted by Gasteiger charge is -2.23. The number of nitrogens with two attached hydrogens (primary N) is 1. The first kappa shape index (κ1) is 16.0. The molecule has 3 atom stereocenters. The Morgan fingerprint density at radius 2 is 2.05 bits per heavy atom. The first-order valence-electron chi connectivity index (χ1n) is 6.32. The normalized spacial score (nSPS) is 15.6. The smallest absolute Gasteiger partial charge is 0.237 e. The van der Waals surface area contributed by atoms with Crippen LogP contribution in [0.2, 0.25) is 0 Å². The first-order valence-corrected chi connectivity index (χ1v) is 7.60. The van der Waals surface area contributed by atoms with Crippen LogP contribution in [0.25, 0.3) is 0 Å². The highest BCUT2D eigenvalue weighted by molar-refractivity contribution is 7.99. The Labute approximate surface area is 118 Å². The van der Waals surface area contributed by atoms with Gasteiger partial charge in [-0.3, -0.25) is 4.79 Å². The molecule has 0 aromatic heterocycles. The van der Waals surface area contributed by atoms with Gasteiger partial charge in [0, 0.05) is 11.3 Å². The molecule has 106 valence electrons. The van der Waals surface area contributed by atoms with E-state index in [0.29, 0.717) is 6.42 Å². The summed E-state index contributed by atoms with van der Waals surface area (Å²) < 4.78 is 0. The van der Waals surface area contributed by atoms with E-state index in [-0.39, 0.29) is 23.8 Å². The van der Waals surface area contributed by atoms with Crippen LogP contribution in [0.15, 0.2) is 30.3 Å². The summed E-state index contributed by atoms with van der Waals surface area (Å²) in [6.07, 6.45) is 2.43. The van der Waals surface area contributed by atoms with Gasteiger partial charge >= 0.3 is 0 Å². The van der Waals surface area contributed by atoms with E-state index in [2.05, 4.69) is 5.32 Å². The summed E-state index contributed by atoms with van der Waals surface area (Å²) in [6.45, 7) is 1.92. The molecule has 4 nitrogen and oxygen atoms in total. The molecule has 4 N–H and O–H groups in total. The highest BCUT2D eigenvalue weighted by Crippen LogP contribution is 2.10. The zero-order valence-corrected chi connectivity index (χ0v) is 12.2. The van der Waals surface area contributed by atoms with Crippen LogP contribution < -0.4 is 11.1 Å². The summed E-state index contributed by atoms with van der Waals surface area (Å²) in [5.41, 5.74) is 6.94. The van der Waals surface area contributed by atoms with Gasteiger partial charge in [-0.25, -0.2) is 0 Å². The average Bonchev–Trinajstić information content (AvgIpc) is 2.41. The molecule has 0 bridgehead atoms. The Kier molecular flexibility index (Phi) is 6.91. The number of nitrogens with one attached hydrogen (secondary N) is 1. The second-order valence-electron chi connectivity index (χ2n) is 4.55. The maximum Gasteiger partial charge on any atom is 0.237 e. The van der Waals surface area contributed by atoms with Crippen molar-refractivity contribution in [1.82, 2.24) is 5.32 Å². The van der Waals surface area contributed by atoms with Crippen molar-refractivity contribution in [3.05, 3.63) is 35.9 Å². The largest absolute Gasteiger partial charge is 0.395 e. The van der Waals surface area contributed by atoms with E-state index in [9.17, 15) is 9.90 Å². The predicted molar refractivity (Wildman–Crippen MR) is 80.1 cm³/mol. The van der Waals surface area contributed by atoms with E-state index in [1.54, 1.807) is 0 Å². The van der Waals surface area contributed by atoms with E-state index in [1.807, 2.05) is 43.5 Å². The minimum absolute atomic E-state index is 0.00660. The molecule has 1 aromatic rings. The molecule has 5 heteroatoms. The van der Waals surface area contributed by atoms with E-state index < -0.39 is 6.04 Å². The lowest BCUT2D eigenvalue weighted by Crippen LogP contribution is -2.49. The van der Waals surface area contributed by atoms with Crippen LogP contribution in [-0.4, -0.2) is 41.2 Å². The summed E-state index contributed by atoms with van der Waals surface area (Å²) in [4.78, 5) is 12.0. The van der Waals surface area contributed by atoms with E-state index in [1.165, 1.54) is 11.8 Å². The fourth-order valence-electron chi connectivity index (χ4n) is 1.82. The van der Waals surface area contributed by atoms with E-state index >= 15 is 0 Å². The van der Waals surface area contributed by atoms with Crippen LogP contribution in [0.1, 0.15) is 12.5 Å². The molecule has 19 heavy (non-hydrogen) atoms. The molecule has 0 saturated heterocycles. The number of rotatable bonds is 7. The maximum atomic E-state index is 12.0. The van der Waals surface area contributed by atoms with Crippen molar-refractivity contribution in [2.75, 3.05) is 12.9 Å². The second-order valence-corrected chi connectivity index (χ2v) is 5.63. The van der Waals surface area contributed by atoms with Gasteiger partial charge in [0.05, 0.1) is 12.6 Å². The van der Waals surface area contributed by atoms with Crippen LogP contribution in [-0.2, 0) is 11.2 Å². The zero-order chi connectivity index (χ0) is 14.3. The number of aliphatic hydroxyl groups excluding tert-OH is 1. The molecule has 0 aliphatic carbocycles. The lowest BCUT2D eigenvalue weighted by atomic mass is 10.1. The van der Waals surface area contributed by atoms with Crippen LogP contribution in [0.3, 0.4) is 0 Å². The molecule has 0 radical (unpaired) electrons. The SMILES string of the molecule is CSC(CO)C(C)NC(=O)[C@H](N)Cc1ccccc1. The molecule has 0 aliphatic rings. The van der Waals surface area contributed by atoms with Gasteiger partial charge in [-0.15, -0.1) is 0 Å². The Balaban J connectivity index is 2.49. The van der Waals surface area contributed by atoms with Crippen molar-refractivity contribution >= 4 is 17.7 Å². The summed E-state index contributed by atoms with van der Waals surface area (Å²) >= 11 is 1.53. The number of carbonyl (C=O) groups is 1. The zero-order valence-electron chi connectivity index (χ0n) is 11.4. The molecule has 0 saturated carbocycles. The Morgan fingerprint density at radius 1 is 1.42 bits per heavy atom. The molecule has 1 rings (SSSR count). The Bertz CT molecular complexity index is 382. The Hall–Kier alpha value is -1.04. The monoisotopic (exact) mass is 282 g/mol. The topological polar surface area (TPSA) is 75.3 Å². The highest BCUT2D eigenvalue weighted by atomic mass is 32.2. The van der Waals surface area contributed by atoms with Crippen LogP contribution in [0, 0.1) is 0 Å². The lowest BCUT2D eigenvalue weighted by molar-refractivity contribution is -0.122. The standard InChI is InChI=1S/C14H22N2O2S/c1-10(13(9-17)19-2)16-14(18)12(15)8-11-6-4-3-5-7-11/h3-7,10,12-13,17H,8-9,15H2,1-2H3,(H,16,18)/t10?,12-,13?/m1/s1. The molecule has 1 amide bonds. The molecule has 0 spiro atoms. The van der Waals surface area contributed by atoms with Gasteiger partial charge in [0.2, 0.25) is 5.91 Å². The molecule has 1 aromatic carbocycles. The van der Waals surface area contributed by atoms with Crippen molar-refractivity contribution < 1.29 is 9.90 Å².